The van der Waals surface area contributed by atoms with Gasteiger partial charge in [-0.2, -0.15) is 0 Å². The zero-order valence-corrected chi connectivity index (χ0v) is 9.80. The van der Waals surface area contributed by atoms with Crippen LogP contribution in [-0.4, -0.2) is 38.3 Å². The summed E-state index contributed by atoms with van der Waals surface area (Å²) >= 11 is 5.29. The summed E-state index contributed by atoms with van der Waals surface area (Å²) in [7, 11) is 0. The number of carboxylic acids is 1. The topological polar surface area (TPSA) is 58.6 Å². The van der Waals surface area contributed by atoms with E-state index in [0.29, 0.717) is 19.1 Å². The van der Waals surface area contributed by atoms with Crippen LogP contribution in [0.5, 0.6) is 0 Å². The molecule has 0 bridgehead atoms. The molecule has 0 atom stereocenters. The summed E-state index contributed by atoms with van der Waals surface area (Å²) < 4.78 is 9.51. The second-order valence-corrected chi connectivity index (χ2v) is 2.10. The molecule has 0 heterocycles. The molecule has 0 fully saturated rings. The summed E-state index contributed by atoms with van der Waals surface area (Å²) in [6.45, 7) is 0.686. The van der Waals surface area contributed by atoms with Gasteiger partial charge in [-0.3, -0.25) is 0 Å². The predicted octanol–water partition coefficient (Wildman–Crippen LogP) is -3.99. The van der Waals surface area contributed by atoms with Crippen molar-refractivity contribution in [1.82, 2.24) is 0 Å². The minimum atomic E-state index is -1.22. The van der Waals surface area contributed by atoms with Crippen molar-refractivity contribution in [3.63, 3.8) is 0 Å². The molecule has 0 aliphatic heterocycles. The molecule has 0 aromatic heterocycles. The number of aliphatic carboxylic acids is 1. The van der Waals surface area contributed by atoms with Crippen LogP contribution in [0.15, 0.2) is 0 Å². The van der Waals surface area contributed by atoms with Gasteiger partial charge < -0.3 is 19.4 Å². The van der Waals surface area contributed by atoms with Crippen LogP contribution in [0.4, 0.5) is 0 Å². The average molecular weight is 205 g/mol. The smallest absolute Gasteiger partial charge is 0.548 e. The normalized spacial score (nSPS) is 9.08. The Morgan fingerprint density at radius 3 is 2.33 bits per heavy atom. The van der Waals surface area contributed by atoms with E-state index in [-0.39, 0.29) is 42.8 Å². The number of halogens is 1. The molecule has 6 heteroatoms. The second-order valence-electron chi connectivity index (χ2n) is 1.73. The van der Waals surface area contributed by atoms with Gasteiger partial charge in [0.1, 0.15) is 0 Å². The summed E-state index contributed by atoms with van der Waals surface area (Å²) in [6, 6.07) is 0. The van der Waals surface area contributed by atoms with Gasteiger partial charge in [-0.05, 0) is 0 Å². The van der Waals surface area contributed by atoms with Crippen LogP contribution in [0.2, 0.25) is 0 Å². The van der Waals surface area contributed by atoms with Crippen LogP contribution in [0.25, 0.3) is 0 Å². The van der Waals surface area contributed by atoms with Crippen LogP contribution < -0.4 is 34.7 Å². The Morgan fingerprint density at radius 2 is 1.83 bits per heavy atom. The van der Waals surface area contributed by atoms with E-state index in [4.69, 9.17) is 16.3 Å². The molecule has 0 aromatic rings. The maximum atomic E-state index is 9.79. The van der Waals surface area contributed by atoms with E-state index in [9.17, 15) is 9.90 Å². The first-order chi connectivity index (χ1) is 5.27. The van der Waals surface area contributed by atoms with Crippen LogP contribution in [-0.2, 0) is 14.3 Å². The summed E-state index contributed by atoms with van der Waals surface area (Å²) in [5.41, 5.74) is 0. The number of hydrogen-bond acceptors (Lipinski definition) is 4. The minimum Gasteiger partial charge on any atom is -0.548 e. The zero-order valence-electron chi connectivity index (χ0n) is 7.05. The van der Waals surface area contributed by atoms with E-state index < -0.39 is 5.97 Å². The number of ether oxygens (including phenoxy) is 2. The molecule has 0 saturated heterocycles. The fourth-order valence-electron chi connectivity index (χ4n) is 0.430. The Labute approximate surface area is 98.5 Å². The molecule has 4 nitrogen and oxygen atoms in total. The van der Waals surface area contributed by atoms with Gasteiger partial charge in [0, 0.05) is 5.88 Å². The Bertz CT molecular complexity index is 112. The van der Waals surface area contributed by atoms with Crippen molar-refractivity contribution >= 4 is 17.6 Å². The third kappa shape index (κ3) is 13.3. The Kier molecular flexibility index (Phi) is 14.8. The molecule has 0 amide bonds. The van der Waals surface area contributed by atoms with Crippen LogP contribution in [0, 0.1) is 0 Å². The fraction of sp³-hybridized carbons (Fsp3) is 0.833. The first kappa shape index (κ1) is 15.2. The van der Waals surface area contributed by atoms with E-state index in [1.807, 2.05) is 0 Å². The molecule has 0 aliphatic rings. The van der Waals surface area contributed by atoms with Crippen molar-refractivity contribution in [3.8, 4) is 0 Å². The number of hydrogen-bond donors (Lipinski definition) is 0. The molecule has 0 unspecified atom stereocenters. The van der Waals surface area contributed by atoms with Crippen molar-refractivity contribution in [3.05, 3.63) is 0 Å². The number of alkyl halides is 1. The monoisotopic (exact) mass is 204 g/mol. The number of carbonyl (C=O) groups is 1. The second kappa shape index (κ2) is 11.7. The third-order valence-corrected chi connectivity index (χ3v) is 0.968. The average Bonchev–Trinajstić information content (AvgIpc) is 1.96. The van der Waals surface area contributed by atoms with Crippen molar-refractivity contribution in [1.29, 1.82) is 0 Å². The Balaban J connectivity index is 0. The van der Waals surface area contributed by atoms with Gasteiger partial charge in [0.25, 0.3) is 0 Å². The molecule has 0 N–H and O–H groups in total. The molecule has 0 spiro atoms. The van der Waals surface area contributed by atoms with Crippen molar-refractivity contribution in [2.75, 3.05) is 32.3 Å². The Hall–Kier alpha value is 0.680. The van der Waals surface area contributed by atoms with Crippen LogP contribution >= 0.6 is 11.6 Å². The van der Waals surface area contributed by atoms with Gasteiger partial charge >= 0.3 is 29.6 Å². The van der Waals surface area contributed by atoms with Gasteiger partial charge in [0.05, 0.1) is 32.4 Å². The first-order valence-corrected chi connectivity index (χ1v) is 3.72. The molecule has 12 heavy (non-hydrogen) atoms. The van der Waals surface area contributed by atoms with Gasteiger partial charge in [0.15, 0.2) is 0 Å². The van der Waals surface area contributed by atoms with Gasteiger partial charge in [-0.25, -0.2) is 0 Å². The molecule has 0 saturated carbocycles. The minimum absolute atomic E-state index is 0. The largest absolute Gasteiger partial charge is 1.00 e. The van der Waals surface area contributed by atoms with Crippen LogP contribution in [0.3, 0.4) is 0 Å². The summed E-state index contributed by atoms with van der Waals surface area (Å²) in [4.78, 5) is 9.79. The summed E-state index contributed by atoms with van der Waals surface area (Å²) in [6.07, 6.45) is 0. The summed E-state index contributed by atoms with van der Waals surface area (Å²) in [5.74, 6) is -0.789. The zero-order chi connectivity index (χ0) is 8.53. The van der Waals surface area contributed by atoms with Gasteiger partial charge in [-0.15, -0.1) is 11.6 Å². The number of carbonyl (C=O) groups excluding carboxylic acids is 1. The van der Waals surface area contributed by atoms with E-state index in [2.05, 4.69) is 4.74 Å². The van der Waals surface area contributed by atoms with Crippen molar-refractivity contribution in [2.24, 2.45) is 0 Å². The van der Waals surface area contributed by atoms with E-state index in [1.54, 1.807) is 0 Å². The van der Waals surface area contributed by atoms with Crippen molar-refractivity contribution < 1.29 is 48.9 Å². The SMILES string of the molecule is O=C([O-])COCCOCCCl.[Na+]. The van der Waals surface area contributed by atoms with E-state index in [1.165, 1.54) is 0 Å². The predicted molar refractivity (Wildman–Crippen MR) is 37.4 cm³/mol. The first-order valence-electron chi connectivity index (χ1n) is 3.18. The van der Waals surface area contributed by atoms with Crippen molar-refractivity contribution in [2.45, 2.75) is 0 Å². The van der Waals surface area contributed by atoms with Gasteiger partial charge in [0.2, 0.25) is 0 Å². The molecule has 0 radical (unpaired) electrons. The molecule has 0 aliphatic carbocycles. The van der Waals surface area contributed by atoms with Gasteiger partial charge in [-0.1, -0.05) is 0 Å². The third-order valence-electron chi connectivity index (χ3n) is 0.813. The Morgan fingerprint density at radius 1 is 1.25 bits per heavy atom. The maximum absolute atomic E-state index is 9.79. The van der Waals surface area contributed by atoms with Crippen LogP contribution in [0.1, 0.15) is 0 Å². The maximum Gasteiger partial charge on any atom is 1.00 e. The quantitative estimate of drug-likeness (QED) is 0.241. The standard InChI is InChI=1S/C6H11ClO4.Na/c7-1-2-10-3-4-11-5-6(8)9;/h1-5H2,(H,8,9);/q;+1/p-1. The molecular formula is C6H10ClNaO4. The molecular weight excluding hydrogens is 195 g/mol. The molecule has 0 rings (SSSR count). The number of rotatable bonds is 7. The van der Waals surface area contributed by atoms with E-state index in [0.717, 1.165) is 0 Å². The fourth-order valence-corrected chi connectivity index (χ4v) is 0.539. The molecule has 0 aromatic carbocycles. The summed E-state index contributed by atoms with van der Waals surface area (Å²) in [5, 5.41) is 9.79. The molecule has 66 valence electrons. The van der Waals surface area contributed by atoms with E-state index >= 15 is 0 Å². The number of carboxylic acid groups (broad SMARTS) is 1.